The Morgan fingerprint density at radius 3 is 1.56 bits per heavy atom. The quantitative estimate of drug-likeness (QED) is 0.210. The third kappa shape index (κ3) is 6.24. The Balaban J connectivity index is 1.98. The summed E-state index contributed by atoms with van der Waals surface area (Å²) in [6.45, 7) is 15.7. The summed E-state index contributed by atoms with van der Waals surface area (Å²) in [7, 11) is 0. The van der Waals surface area contributed by atoms with E-state index < -0.39 is 17.9 Å². The summed E-state index contributed by atoms with van der Waals surface area (Å²) >= 11 is 0. The lowest BCUT2D eigenvalue weighted by Crippen LogP contribution is -2.08. The van der Waals surface area contributed by atoms with E-state index in [2.05, 4.69) is 19.7 Å². The summed E-state index contributed by atoms with van der Waals surface area (Å²) in [5.74, 6) is -0.500. The fourth-order valence-corrected chi connectivity index (χ4v) is 3.25. The number of aryl methyl sites for hydroxylation is 1. The molecule has 0 amide bonds. The molecule has 0 bridgehead atoms. The molecule has 0 aliphatic heterocycles. The molecule has 0 saturated heterocycles. The number of benzene rings is 3. The summed E-state index contributed by atoms with van der Waals surface area (Å²) in [6, 6.07) is 17.5. The minimum atomic E-state index is -0.597. The van der Waals surface area contributed by atoms with Gasteiger partial charge in [-0.2, -0.15) is 0 Å². The zero-order valence-electron chi connectivity index (χ0n) is 20.4. The third-order valence-corrected chi connectivity index (χ3v) is 5.15. The number of carbonyl (C=O) groups excluding carboxylic acids is 3. The molecule has 6 heteroatoms. The first kappa shape index (κ1) is 25.9. The van der Waals surface area contributed by atoms with Crippen LogP contribution < -0.4 is 14.2 Å². The van der Waals surface area contributed by atoms with Crippen molar-refractivity contribution in [3.63, 3.8) is 0 Å². The van der Waals surface area contributed by atoms with Gasteiger partial charge in [0.15, 0.2) is 0 Å². The summed E-state index contributed by atoms with van der Waals surface area (Å²) < 4.78 is 16.1. The monoisotopic (exact) mass is 482 g/mol. The van der Waals surface area contributed by atoms with Crippen LogP contribution in [0.5, 0.6) is 17.2 Å². The van der Waals surface area contributed by atoms with Gasteiger partial charge >= 0.3 is 17.9 Å². The van der Waals surface area contributed by atoms with Crippen molar-refractivity contribution < 1.29 is 28.6 Å². The molecule has 0 heterocycles. The predicted molar refractivity (Wildman–Crippen MR) is 139 cm³/mol. The van der Waals surface area contributed by atoms with Crippen LogP contribution in [0.1, 0.15) is 19.4 Å². The van der Waals surface area contributed by atoms with Gasteiger partial charge in [0.2, 0.25) is 0 Å². The van der Waals surface area contributed by atoms with Crippen LogP contribution in [0, 0.1) is 6.92 Å². The molecule has 0 N–H and O–H groups in total. The van der Waals surface area contributed by atoms with Crippen LogP contribution in [0.25, 0.3) is 22.3 Å². The molecule has 0 saturated carbocycles. The third-order valence-electron chi connectivity index (χ3n) is 5.15. The van der Waals surface area contributed by atoms with Gasteiger partial charge in [0.1, 0.15) is 17.2 Å². The van der Waals surface area contributed by atoms with Gasteiger partial charge in [0.25, 0.3) is 0 Å². The summed E-state index contributed by atoms with van der Waals surface area (Å²) in [6.07, 6.45) is 1.09. The molecule has 182 valence electrons. The molecular formula is C30H26O6. The number of hydrogen-bond acceptors (Lipinski definition) is 6. The first-order valence-corrected chi connectivity index (χ1v) is 11.0. The largest absolute Gasteiger partial charge is 0.423 e. The predicted octanol–water partition coefficient (Wildman–Crippen LogP) is 6.38. The van der Waals surface area contributed by atoms with Crippen molar-refractivity contribution in [1.82, 2.24) is 0 Å². The number of hydrogen-bond donors (Lipinski definition) is 0. The van der Waals surface area contributed by atoms with Gasteiger partial charge < -0.3 is 14.2 Å². The molecule has 0 aromatic heterocycles. The lowest BCUT2D eigenvalue weighted by Gasteiger charge is -2.15. The summed E-state index contributed by atoms with van der Waals surface area (Å²) in [5, 5.41) is 0. The van der Waals surface area contributed by atoms with Crippen molar-refractivity contribution in [2.75, 3.05) is 0 Å². The Labute approximate surface area is 210 Å². The lowest BCUT2D eigenvalue weighted by atomic mass is 9.94. The van der Waals surface area contributed by atoms with E-state index in [1.165, 1.54) is 0 Å². The maximum Gasteiger partial charge on any atom is 0.338 e. The van der Waals surface area contributed by atoms with Crippen LogP contribution in [0.15, 0.2) is 97.6 Å². The van der Waals surface area contributed by atoms with E-state index >= 15 is 0 Å². The van der Waals surface area contributed by atoms with Gasteiger partial charge in [-0.15, -0.1) is 0 Å². The maximum absolute atomic E-state index is 12.1. The molecule has 0 spiro atoms. The summed E-state index contributed by atoms with van der Waals surface area (Å²) in [4.78, 5) is 35.6. The first-order chi connectivity index (χ1) is 17.1. The lowest BCUT2D eigenvalue weighted by molar-refractivity contribution is -0.130. The second kappa shape index (κ2) is 11.1. The Morgan fingerprint density at radius 2 is 1.14 bits per heavy atom. The normalized spacial score (nSPS) is 10.2. The van der Waals surface area contributed by atoms with Gasteiger partial charge in [-0.3, -0.25) is 0 Å². The van der Waals surface area contributed by atoms with Crippen molar-refractivity contribution in [3.05, 3.63) is 103 Å². The van der Waals surface area contributed by atoms with Crippen molar-refractivity contribution in [3.8, 4) is 39.5 Å². The standard InChI is InChI=1S/C30H26O6/c1-7-28(31)36-27-17-25(21-8-12-23(13-9-21)34-29(32)18(2)3)20(6)16-26(27)22-10-14-24(15-11-22)35-30(33)19(4)5/h7-17H,1-2,4H2,3,5-6H3. The van der Waals surface area contributed by atoms with Crippen molar-refractivity contribution in [2.45, 2.75) is 20.8 Å². The zero-order chi connectivity index (χ0) is 26.4. The van der Waals surface area contributed by atoms with Gasteiger partial charge in [-0.1, -0.05) is 44.0 Å². The van der Waals surface area contributed by atoms with E-state index in [9.17, 15) is 14.4 Å². The topological polar surface area (TPSA) is 78.9 Å². The Bertz CT molecular complexity index is 1360. The van der Waals surface area contributed by atoms with Gasteiger partial charge in [-0.05, 0) is 79.4 Å². The highest BCUT2D eigenvalue weighted by atomic mass is 16.5. The van der Waals surface area contributed by atoms with Crippen LogP contribution in [0.4, 0.5) is 0 Å². The molecule has 0 atom stereocenters. The number of esters is 3. The molecule has 0 unspecified atom stereocenters. The van der Waals surface area contributed by atoms with Crippen molar-refractivity contribution in [1.29, 1.82) is 0 Å². The van der Waals surface area contributed by atoms with E-state index in [1.807, 2.05) is 25.1 Å². The fourth-order valence-electron chi connectivity index (χ4n) is 3.25. The molecule has 3 rings (SSSR count). The van der Waals surface area contributed by atoms with Gasteiger partial charge in [-0.25, -0.2) is 14.4 Å². The molecule has 0 aliphatic carbocycles. The van der Waals surface area contributed by atoms with E-state index in [0.717, 1.165) is 28.3 Å². The second-order valence-electron chi connectivity index (χ2n) is 8.18. The summed E-state index contributed by atoms with van der Waals surface area (Å²) in [5.41, 5.74) is 4.63. The molecular weight excluding hydrogens is 456 g/mol. The van der Waals surface area contributed by atoms with Crippen molar-refractivity contribution >= 4 is 17.9 Å². The molecule has 0 radical (unpaired) electrons. The minimum Gasteiger partial charge on any atom is -0.423 e. The fraction of sp³-hybridized carbons (Fsp3) is 0.100. The molecule has 6 nitrogen and oxygen atoms in total. The average molecular weight is 483 g/mol. The van der Waals surface area contributed by atoms with E-state index in [0.29, 0.717) is 34.0 Å². The maximum atomic E-state index is 12.1. The zero-order valence-corrected chi connectivity index (χ0v) is 20.4. The molecule has 0 fully saturated rings. The van der Waals surface area contributed by atoms with Crippen LogP contribution in [0.2, 0.25) is 0 Å². The SMILES string of the molecule is C=CC(=O)Oc1cc(-c2ccc(OC(=O)C(=C)C)cc2)c(C)cc1-c1ccc(OC(=O)C(=C)C)cc1. The number of carbonyl (C=O) groups is 3. The highest BCUT2D eigenvalue weighted by molar-refractivity contribution is 5.90. The molecule has 36 heavy (non-hydrogen) atoms. The molecule has 3 aromatic rings. The van der Waals surface area contributed by atoms with Crippen molar-refractivity contribution in [2.24, 2.45) is 0 Å². The Hall–Kier alpha value is -4.71. The number of ether oxygens (including phenoxy) is 3. The molecule has 3 aromatic carbocycles. The number of rotatable bonds is 8. The first-order valence-electron chi connectivity index (χ1n) is 11.0. The van der Waals surface area contributed by atoms with Crippen LogP contribution in [-0.4, -0.2) is 17.9 Å². The average Bonchev–Trinajstić information content (AvgIpc) is 2.85. The minimum absolute atomic E-state index is 0.297. The molecule has 0 aliphatic rings. The smallest absolute Gasteiger partial charge is 0.338 e. The Kier molecular flexibility index (Phi) is 8.02. The van der Waals surface area contributed by atoms with E-state index in [-0.39, 0.29) is 0 Å². The van der Waals surface area contributed by atoms with Gasteiger partial charge in [0.05, 0.1) is 0 Å². The van der Waals surface area contributed by atoms with E-state index in [4.69, 9.17) is 14.2 Å². The van der Waals surface area contributed by atoms with Gasteiger partial charge in [0, 0.05) is 22.8 Å². The van der Waals surface area contributed by atoms with Crippen LogP contribution >= 0.6 is 0 Å². The highest BCUT2D eigenvalue weighted by Gasteiger charge is 2.15. The Morgan fingerprint density at radius 1 is 0.694 bits per heavy atom. The second-order valence-corrected chi connectivity index (χ2v) is 8.18. The highest BCUT2D eigenvalue weighted by Crippen LogP contribution is 2.38. The van der Waals surface area contributed by atoms with E-state index in [1.54, 1.807) is 56.3 Å². The van der Waals surface area contributed by atoms with Crippen LogP contribution in [-0.2, 0) is 14.4 Å². The van der Waals surface area contributed by atoms with Crippen LogP contribution in [0.3, 0.4) is 0 Å².